The van der Waals surface area contributed by atoms with Gasteiger partial charge in [-0.15, -0.1) is 0 Å². The molecule has 0 radical (unpaired) electrons. The second kappa shape index (κ2) is 6.47. The maximum absolute atomic E-state index is 12.0. The van der Waals surface area contributed by atoms with Crippen LogP contribution < -0.4 is 5.32 Å². The summed E-state index contributed by atoms with van der Waals surface area (Å²) in [7, 11) is 1.68. The van der Waals surface area contributed by atoms with Crippen molar-refractivity contribution in [2.75, 3.05) is 26.7 Å². The molecule has 1 heterocycles. The number of amides is 3. The summed E-state index contributed by atoms with van der Waals surface area (Å²) in [5, 5.41) is 2.78. The summed E-state index contributed by atoms with van der Waals surface area (Å²) in [6.45, 7) is 5.58. The molecule has 1 aliphatic rings. The summed E-state index contributed by atoms with van der Waals surface area (Å²) in [6.07, 6.45) is 3.33. The number of urea groups is 1. The highest BCUT2D eigenvalue weighted by atomic mass is 16.2. The fourth-order valence-electron chi connectivity index (χ4n) is 1.98. The first kappa shape index (κ1) is 13.8. The first-order valence-corrected chi connectivity index (χ1v) is 6.30. The standard InChI is InChI=1S/C12H23N3O2/c1-10(2)13-11(16)9-14(3)12(17)15-7-5-4-6-8-15/h10H,4-9H2,1-3H3,(H,13,16). The molecule has 1 fully saturated rings. The van der Waals surface area contributed by atoms with Crippen LogP contribution in [0.15, 0.2) is 0 Å². The molecule has 1 aliphatic heterocycles. The van der Waals surface area contributed by atoms with Crippen molar-refractivity contribution in [2.45, 2.75) is 39.2 Å². The Morgan fingerprint density at radius 2 is 1.82 bits per heavy atom. The lowest BCUT2D eigenvalue weighted by Crippen LogP contribution is -2.47. The van der Waals surface area contributed by atoms with Crippen molar-refractivity contribution in [1.82, 2.24) is 15.1 Å². The summed E-state index contributed by atoms with van der Waals surface area (Å²) in [4.78, 5) is 26.8. The van der Waals surface area contributed by atoms with Crippen molar-refractivity contribution >= 4 is 11.9 Å². The molecule has 0 atom stereocenters. The van der Waals surface area contributed by atoms with E-state index in [1.807, 2.05) is 18.7 Å². The van der Waals surface area contributed by atoms with Crippen LogP contribution in [0.4, 0.5) is 4.79 Å². The highest BCUT2D eigenvalue weighted by Gasteiger charge is 2.21. The molecule has 0 aliphatic carbocycles. The SMILES string of the molecule is CC(C)NC(=O)CN(C)C(=O)N1CCCCC1. The van der Waals surface area contributed by atoms with Gasteiger partial charge in [0.25, 0.3) is 0 Å². The lowest BCUT2D eigenvalue weighted by Gasteiger charge is -2.30. The predicted octanol–water partition coefficient (Wildman–Crippen LogP) is 1.05. The summed E-state index contributed by atoms with van der Waals surface area (Å²) in [5.41, 5.74) is 0. The molecule has 17 heavy (non-hydrogen) atoms. The van der Waals surface area contributed by atoms with Crippen LogP contribution in [0.2, 0.25) is 0 Å². The van der Waals surface area contributed by atoms with Crippen LogP contribution in [0.25, 0.3) is 0 Å². The number of likely N-dealkylation sites (tertiary alicyclic amines) is 1. The van der Waals surface area contributed by atoms with Gasteiger partial charge in [-0.2, -0.15) is 0 Å². The monoisotopic (exact) mass is 241 g/mol. The number of hydrogen-bond donors (Lipinski definition) is 1. The smallest absolute Gasteiger partial charge is 0.320 e. The van der Waals surface area contributed by atoms with Crippen LogP contribution in [0.1, 0.15) is 33.1 Å². The van der Waals surface area contributed by atoms with E-state index in [0.717, 1.165) is 25.9 Å². The second-order valence-corrected chi connectivity index (χ2v) is 4.91. The Balaban J connectivity index is 2.37. The first-order chi connectivity index (χ1) is 8.00. The van der Waals surface area contributed by atoms with Crippen molar-refractivity contribution in [1.29, 1.82) is 0 Å². The fourth-order valence-corrected chi connectivity index (χ4v) is 1.98. The summed E-state index contributed by atoms with van der Waals surface area (Å²) in [6, 6.07) is 0.0737. The van der Waals surface area contributed by atoms with E-state index < -0.39 is 0 Å². The zero-order valence-corrected chi connectivity index (χ0v) is 11.0. The third-order valence-corrected chi connectivity index (χ3v) is 2.78. The zero-order chi connectivity index (χ0) is 12.8. The van der Waals surface area contributed by atoms with Crippen LogP contribution in [0.3, 0.4) is 0 Å². The molecule has 0 saturated carbocycles. The molecule has 3 amide bonds. The Kier molecular flexibility index (Phi) is 5.25. The number of carbonyl (C=O) groups is 2. The molecule has 1 saturated heterocycles. The van der Waals surface area contributed by atoms with Gasteiger partial charge in [-0.05, 0) is 33.1 Å². The number of likely N-dealkylation sites (N-methyl/N-ethyl adjacent to an activating group) is 1. The van der Waals surface area contributed by atoms with Gasteiger partial charge in [-0.3, -0.25) is 4.79 Å². The Bertz CT molecular complexity index is 273. The maximum Gasteiger partial charge on any atom is 0.320 e. The average molecular weight is 241 g/mol. The Morgan fingerprint density at radius 1 is 1.24 bits per heavy atom. The predicted molar refractivity (Wildman–Crippen MR) is 66.7 cm³/mol. The Labute approximate surface area is 103 Å². The van der Waals surface area contributed by atoms with E-state index in [4.69, 9.17) is 0 Å². The van der Waals surface area contributed by atoms with E-state index in [9.17, 15) is 9.59 Å². The largest absolute Gasteiger partial charge is 0.352 e. The topological polar surface area (TPSA) is 52.7 Å². The third kappa shape index (κ3) is 4.63. The first-order valence-electron chi connectivity index (χ1n) is 6.30. The minimum atomic E-state index is -0.104. The lowest BCUT2D eigenvalue weighted by atomic mass is 10.1. The van der Waals surface area contributed by atoms with E-state index in [1.165, 1.54) is 11.3 Å². The molecule has 5 nitrogen and oxygen atoms in total. The highest BCUT2D eigenvalue weighted by molar-refractivity contribution is 5.84. The molecular weight excluding hydrogens is 218 g/mol. The van der Waals surface area contributed by atoms with Gasteiger partial charge in [0, 0.05) is 26.2 Å². The van der Waals surface area contributed by atoms with Crippen molar-refractivity contribution in [3.05, 3.63) is 0 Å². The normalized spacial score (nSPS) is 15.9. The van der Waals surface area contributed by atoms with Gasteiger partial charge in [0.1, 0.15) is 6.54 Å². The molecule has 0 aromatic heterocycles. The van der Waals surface area contributed by atoms with E-state index in [-0.39, 0.29) is 24.5 Å². The average Bonchev–Trinajstić information content (AvgIpc) is 2.28. The van der Waals surface area contributed by atoms with Crippen LogP contribution in [-0.4, -0.2) is 54.5 Å². The third-order valence-electron chi connectivity index (χ3n) is 2.78. The van der Waals surface area contributed by atoms with E-state index in [1.54, 1.807) is 7.05 Å². The summed E-state index contributed by atoms with van der Waals surface area (Å²) >= 11 is 0. The molecule has 0 aromatic rings. The molecule has 0 aromatic carbocycles. The Morgan fingerprint density at radius 3 is 2.35 bits per heavy atom. The molecule has 5 heteroatoms. The van der Waals surface area contributed by atoms with Crippen molar-refractivity contribution in [3.63, 3.8) is 0 Å². The molecule has 0 bridgehead atoms. The van der Waals surface area contributed by atoms with Crippen LogP contribution >= 0.6 is 0 Å². The number of nitrogens with one attached hydrogen (secondary N) is 1. The number of rotatable bonds is 3. The fraction of sp³-hybridized carbons (Fsp3) is 0.833. The molecular formula is C12H23N3O2. The zero-order valence-electron chi connectivity index (χ0n) is 11.0. The van der Waals surface area contributed by atoms with Crippen LogP contribution in [0.5, 0.6) is 0 Å². The molecule has 0 spiro atoms. The summed E-state index contributed by atoms with van der Waals surface area (Å²) in [5.74, 6) is -0.104. The molecule has 1 N–H and O–H groups in total. The minimum absolute atomic E-state index is 0.0383. The number of carbonyl (C=O) groups excluding carboxylic acids is 2. The quantitative estimate of drug-likeness (QED) is 0.803. The van der Waals surface area contributed by atoms with Gasteiger partial charge < -0.3 is 15.1 Å². The van der Waals surface area contributed by atoms with E-state index >= 15 is 0 Å². The number of nitrogens with zero attached hydrogens (tertiary/aromatic N) is 2. The van der Waals surface area contributed by atoms with Gasteiger partial charge in [0.05, 0.1) is 0 Å². The number of hydrogen-bond acceptors (Lipinski definition) is 2. The minimum Gasteiger partial charge on any atom is -0.352 e. The van der Waals surface area contributed by atoms with Crippen LogP contribution in [0, 0.1) is 0 Å². The van der Waals surface area contributed by atoms with Crippen molar-refractivity contribution < 1.29 is 9.59 Å². The van der Waals surface area contributed by atoms with Crippen LogP contribution in [-0.2, 0) is 4.79 Å². The molecule has 0 unspecified atom stereocenters. The highest BCUT2D eigenvalue weighted by Crippen LogP contribution is 2.10. The van der Waals surface area contributed by atoms with Gasteiger partial charge in [-0.1, -0.05) is 0 Å². The van der Waals surface area contributed by atoms with E-state index in [0.29, 0.717) is 0 Å². The maximum atomic E-state index is 12.0. The van der Waals surface area contributed by atoms with Gasteiger partial charge in [0.15, 0.2) is 0 Å². The second-order valence-electron chi connectivity index (χ2n) is 4.91. The molecule has 98 valence electrons. The molecule has 1 rings (SSSR count). The van der Waals surface area contributed by atoms with Gasteiger partial charge >= 0.3 is 6.03 Å². The van der Waals surface area contributed by atoms with Crippen molar-refractivity contribution in [2.24, 2.45) is 0 Å². The summed E-state index contributed by atoms with van der Waals surface area (Å²) < 4.78 is 0. The Hall–Kier alpha value is -1.26. The van der Waals surface area contributed by atoms with E-state index in [2.05, 4.69) is 5.32 Å². The van der Waals surface area contributed by atoms with Gasteiger partial charge in [-0.25, -0.2) is 4.79 Å². The van der Waals surface area contributed by atoms with Gasteiger partial charge in [0.2, 0.25) is 5.91 Å². The van der Waals surface area contributed by atoms with Crippen molar-refractivity contribution in [3.8, 4) is 0 Å². The number of piperidine rings is 1. The lowest BCUT2D eigenvalue weighted by molar-refractivity contribution is -0.122.